The quantitative estimate of drug-likeness (QED) is 0.247. The first-order chi connectivity index (χ1) is 19.0. The number of anilines is 3. The number of halogens is 3. The Morgan fingerprint density at radius 1 is 0.410 bits per heavy atom. The number of benzene rings is 4. The highest BCUT2D eigenvalue weighted by molar-refractivity contribution is 6.31. The van der Waals surface area contributed by atoms with Gasteiger partial charge in [-0.2, -0.15) is 0 Å². The maximum absolute atomic E-state index is 6.47. The molecule has 0 aliphatic carbocycles. The van der Waals surface area contributed by atoms with Gasteiger partial charge in [-0.15, -0.1) is 0 Å². The van der Waals surface area contributed by atoms with Gasteiger partial charge < -0.3 is 28.9 Å². The predicted molar refractivity (Wildman–Crippen MR) is 156 cm³/mol. The van der Waals surface area contributed by atoms with Gasteiger partial charge >= 0.3 is 0 Å². The van der Waals surface area contributed by atoms with E-state index in [0.717, 1.165) is 51.0 Å². The number of nitrogens with zero attached hydrogens (tertiary/aromatic N) is 3. The van der Waals surface area contributed by atoms with Gasteiger partial charge in [-0.25, -0.2) is 0 Å². The lowest BCUT2D eigenvalue weighted by Gasteiger charge is -2.41. The zero-order chi connectivity index (χ0) is 26.5. The summed E-state index contributed by atoms with van der Waals surface area (Å²) in [7, 11) is 0. The zero-order valence-corrected chi connectivity index (χ0v) is 23.1. The summed E-state index contributed by atoms with van der Waals surface area (Å²) >= 11 is 18.4. The minimum absolute atomic E-state index is 0.414. The van der Waals surface area contributed by atoms with Crippen LogP contribution in [0.4, 0.5) is 17.1 Å². The van der Waals surface area contributed by atoms with E-state index >= 15 is 0 Å². The van der Waals surface area contributed by atoms with Gasteiger partial charge in [-0.05, 0) is 72.8 Å². The Kier molecular flexibility index (Phi) is 6.26. The largest absolute Gasteiger partial charge is 0.472 e. The van der Waals surface area contributed by atoms with Crippen molar-refractivity contribution in [3.05, 3.63) is 105 Å². The average molecular weight is 581 g/mol. The van der Waals surface area contributed by atoms with Crippen LogP contribution in [0.3, 0.4) is 0 Å². The number of fused-ring (bicyclic) bond motifs is 6. The Labute approximate surface area is 241 Å². The topological polar surface area (TPSA) is 37.4 Å². The first-order valence-corrected chi connectivity index (χ1v) is 13.8. The molecule has 9 heteroatoms. The van der Waals surface area contributed by atoms with E-state index in [0.29, 0.717) is 54.9 Å². The van der Waals surface area contributed by atoms with Crippen molar-refractivity contribution in [2.24, 2.45) is 0 Å². The van der Waals surface area contributed by atoms with E-state index in [2.05, 4.69) is 14.7 Å². The molecule has 39 heavy (non-hydrogen) atoms. The summed E-state index contributed by atoms with van der Waals surface area (Å²) in [6.07, 6.45) is 0. The van der Waals surface area contributed by atoms with Crippen molar-refractivity contribution in [3.63, 3.8) is 0 Å². The zero-order valence-electron chi connectivity index (χ0n) is 20.9. The Hall–Kier alpha value is -3.45. The molecule has 0 amide bonds. The molecule has 4 aromatic rings. The molecule has 0 radical (unpaired) electrons. The molecule has 0 unspecified atom stereocenters. The molecule has 4 aromatic carbocycles. The minimum atomic E-state index is 0.414. The standard InChI is InChI=1S/C30H24Cl3N3O3/c31-19-1-7-22(8-2-19)34-13-25-28(37-16-34)26-14-35(23-9-3-20(32)4-10-23)18-39-30(26)27-15-36(17-38-29(25)27)24-11-5-21(33)6-12-24/h1-12H,13-18H2. The molecule has 0 spiro atoms. The maximum atomic E-state index is 6.47. The second-order valence-electron chi connectivity index (χ2n) is 9.77. The third kappa shape index (κ3) is 4.56. The molecule has 3 aliphatic rings. The van der Waals surface area contributed by atoms with E-state index in [9.17, 15) is 0 Å². The van der Waals surface area contributed by atoms with Crippen LogP contribution in [-0.4, -0.2) is 20.2 Å². The molecule has 0 fully saturated rings. The summed E-state index contributed by atoms with van der Waals surface area (Å²) in [4.78, 5) is 6.54. The minimum Gasteiger partial charge on any atom is -0.472 e. The highest BCUT2D eigenvalue weighted by Gasteiger charge is 2.36. The molecule has 0 saturated heterocycles. The van der Waals surface area contributed by atoms with Crippen molar-refractivity contribution in [2.75, 3.05) is 34.9 Å². The molecule has 0 N–H and O–H groups in total. The van der Waals surface area contributed by atoms with Crippen molar-refractivity contribution >= 4 is 51.9 Å². The summed E-state index contributed by atoms with van der Waals surface area (Å²) in [5, 5.41) is 2.11. The van der Waals surface area contributed by atoms with E-state index in [1.54, 1.807) is 0 Å². The van der Waals surface area contributed by atoms with Gasteiger partial charge in [0, 0.05) is 32.1 Å². The Morgan fingerprint density at radius 2 is 0.667 bits per heavy atom. The van der Waals surface area contributed by atoms with E-state index < -0.39 is 0 Å². The molecular weight excluding hydrogens is 557 g/mol. The number of rotatable bonds is 3. The maximum Gasteiger partial charge on any atom is 0.161 e. The van der Waals surface area contributed by atoms with Crippen LogP contribution >= 0.6 is 34.8 Å². The van der Waals surface area contributed by atoms with Crippen LogP contribution in [-0.2, 0) is 19.6 Å². The molecule has 6 nitrogen and oxygen atoms in total. The van der Waals surface area contributed by atoms with Crippen LogP contribution in [0, 0.1) is 0 Å². The third-order valence-corrected chi connectivity index (χ3v) is 8.12. The fraction of sp³-hybridized carbons (Fsp3) is 0.200. The third-order valence-electron chi connectivity index (χ3n) is 7.36. The smallest absolute Gasteiger partial charge is 0.161 e. The highest BCUT2D eigenvalue weighted by Crippen LogP contribution is 2.50. The van der Waals surface area contributed by atoms with Crippen molar-refractivity contribution in [1.82, 2.24) is 0 Å². The van der Waals surface area contributed by atoms with Crippen LogP contribution in [0.15, 0.2) is 72.8 Å². The predicted octanol–water partition coefficient (Wildman–Crippen LogP) is 7.72. The first-order valence-electron chi connectivity index (χ1n) is 12.6. The van der Waals surface area contributed by atoms with E-state index in [1.807, 2.05) is 72.8 Å². The van der Waals surface area contributed by atoms with Crippen molar-refractivity contribution in [2.45, 2.75) is 19.6 Å². The lowest BCUT2D eigenvalue weighted by Crippen LogP contribution is -2.39. The van der Waals surface area contributed by atoms with Crippen LogP contribution < -0.4 is 28.9 Å². The summed E-state index contributed by atoms with van der Waals surface area (Å²) in [6, 6.07) is 23.4. The lowest BCUT2D eigenvalue weighted by molar-refractivity contribution is 0.234. The Morgan fingerprint density at radius 3 is 0.923 bits per heavy atom. The van der Waals surface area contributed by atoms with Gasteiger partial charge in [0.15, 0.2) is 20.2 Å². The molecule has 0 atom stereocenters. The fourth-order valence-corrected chi connectivity index (χ4v) is 5.78. The second-order valence-corrected chi connectivity index (χ2v) is 11.1. The Bertz CT molecular complexity index is 1320. The molecule has 0 bridgehead atoms. The summed E-state index contributed by atoms with van der Waals surface area (Å²) in [5.74, 6) is 2.52. The highest BCUT2D eigenvalue weighted by atomic mass is 35.5. The molecule has 0 saturated carbocycles. The van der Waals surface area contributed by atoms with Crippen LogP contribution in [0.2, 0.25) is 15.1 Å². The van der Waals surface area contributed by atoms with Gasteiger partial charge in [-0.3, -0.25) is 0 Å². The molecule has 3 aliphatic heterocycles. The van der Waals surface area contributed by atoms with Crippen molar-refractivity contribution in [1.29, 1.82) is 0 Å². The number of hydrogen-bond acceptors (Lipinski definition) is 6. The van der Waals surface area contributed by atoms with E-state index in [1.165, 1.54) is 0 Å². The monoisotopic (exact) mass is 579 g/mol. The van der Waals surface area contributed by atoms with Gasteiger partial charge in [0.25, 0.3) is 0 Å². The SMILES string of the molecule is Clc1ccc(N2COc3c(c4c(c5c3CN(c3ccc(Cl)cc3)CO5)CN(c3ccc(Cl)cc3)CO4)C2)cc1. The molecule has 3 heterocycles. The first kappa shape index (κ1) is 24.6. The molecular formula is C30H24Cl3N3O3. The number of hydrogen-bond donors (Lipinski definition) is 0. The van der Waals surface area contributed by atoms with Crippen LogP contribution in [0.25, 0.3) is 0 Å². The van der Waals surface area contributed by atoms with Crippen molar-refractivity contribution in [3.8, 4) is 17.2 Å². The van der Waals surface area contributed by atoms with Gasteiger partial charge in [-0.1, -0.05) is 34.8 Å². The lowest BCUT2D eigenvalue weighted by atomic mass is 9.96. The molecule has 0 aromatic heterocycles. The van der Waals surface area contributed by atoms with Gasteiger partial charge in [0.05, 0.1) is 36.3 Å². The normalized spacial score (nSPS) is 15.9. The average Bonchev–Trinajstić information content (AvgIpc) is 2.98. The Balaban J connectivity index is 1.30. The molecule has 198 valence electrons. The fourth-order valence-electron chi connectivity index (χ4n) is 5.40. The van der Waals surface area contributed by atoms with Gasteiger partial charge in [0.1, 0.15) is 17.2 Å². The summed E-state index contributed by atoms with van der Waals surface area (Å²) in [6.45, 7) is 3.19. The van der Waals surface area contributed by atoms with Crippen LogP contribution in [0.1, 0.15) is 16.7 Å². The second kappa shape index (κ2) is 9.94. The van der Waals surface area contributed by atoms with Crippen LogP contribution in [0.5, 0.6) is 17.2 Å². The van der Waals surface area contributed by atoms with Gasteiger partial charge in [0.2, 0.25) is 0 Å². The summed E-state index contributed by atoms with van der Waals surface area (Å²) in [5.41, 5.74) is 6.20. The molecule has 7 rings (SSSR count). The summed E-state index contributed by atoms with van der Waals surface area (Å²) < 4.78 is 19.4. The number of ether oxygens (including phenoxy) is 3. The van der Waals surface area contributed by atoms with E-state index in [-0.39, 0.29) is 0 Å². The van der Waals surface area contributed by atoms with Crippen molar-refractivity contribution < 1.29 is 14.2 Å². The van der Waals surface area contributed by atoms with E-state index in [4.69, 9.17) is 49.0 Å².